The van der Waals surface area contributed by atoms with E-state index >= 15 is 0 Å². The molecule has 1 rings (SSSR count). The van der Waals surface area contributed by atoms with Gasteiger partial charge in [0.15, 0.2) is 0 Å². The number of rotatable bonds is 8. The van der Waals surface area contributed by atoms with E-state index < -0.39 is 0 Å². The topological polar surface area (TPSA) is 43.4 Å². The summed E-state index contributed by atoms with van der Waals surface area (Å²) in [6.07, 6.45) is 3.81. The minimum atomic E-state index is -0.249. The van der Waals surface area contributed by atoms with Crippen LogP contribution in [0.3, 0.4) is 0 Å². The van der Waals surface area contributed by atoms with Gasteiger partial charge < -0.3 is 14.8 Å². The Labute approximate surface area is 129 Å². The van der Waals surface area contributed by atoms with E-state index in [-0.39, 0.29) is 11.6 Å². The number of nitrogens with one attached hydrogen (secondary N) is 1. The molecule has 0 saturated heterocycles. The van der Waals surface area contributed by atoms with Crippen LogP contribution in [-0.4, -0.2) is 37.4 Å². The number of hydrogen-bond donors (Lipinski definition) is 1. The zero-order valence-electron chi connectivity index (χ0n) is 14.5. The summed E-state index contributed by atoms with van der Waals surface area (Å²) in [7, 11) is 3.47. The quantitative estimate of drug-likeness (QED) is 0.800. The molecule has 4 nitrogen and oxygen atoms in total. The molecular formula is C17H30N2O2. The molecule has 0 aliphatic rings. The average molecular weight is 294 g/mol. The Morgan fingerprint density at radius 3 is 2.48 bits per heavy atom. The summed E-state index contributed by atoms with van der Waals surface area (Å²) >= 11 is 0. The van der Waals surface area contributed by atoms with Gasteiger partial charge in [-0.15, -0.1) is 0 Å². The molecule has 0 saturated carbocycles. The van der Waals surface area contributed by atoms with Crippen LogP contribution in [0.2, 0.25) is 0 Å². The van der Waals surface area contributed by atoms with E-state index in [9.17, 15) is 0 Å². The lowest BCUT2D eigenvalue weighted by atomic mass is 9.92. The van der Waals surface area contributed by atoms with Crippen LogP contribution in [0, 0.1) is 13.8 Å². The maximum absolute atomic E-state index is 5.67. The van der Waals surface area contributed by atoms with E-state index in [1.807, 2.05) is 13.1 Å². The van der Waals surface area contributed by atoms with Crippen molar-refractivity contribution in [3.63, 3.8) is 0 Å². The molecule has 1 atom stereocenters. The summed E-state index contributed by atoms with van der Waals surface area (Å²) in [5, 5.41) is 3.58. The van der Waals surface area contributed by atoms with Crippen molar-refractivity contribution in [2.24, 2.45) is 0 Å². The molecule has 0 aliphatic heterocycles. The first kappa shape index (κ1) is 17.9. The van der Waals surface area contributed by atoms with Crippen molar-refractivity contribution in [2.75, 3.05) is 20.8 Å². The van der Waals surface area contributed by atoms with Gasteiger partial charge in [0.25, 0.3) is 0 Å². The van der Waals surface area contributed by atoms with Crippen LogP contribution < -0.4 is 10.1 Å². The summed E-state index contributed by atoms with van der Waals surface area (Å²) < 4.78 is 11.2. The van der Waals surface area contributed by atoms with Gasteiger partial charge in [0.05, 0.1) is 12.7 Å². The Hall–Kier alpha value is -1.13. The fourth-order valence-corrected chi connectivity index (χ4v) is 2.49. The third-order valence-corrected chi connectivity index (χ3v) is 4.15. The molecule has 4 heteroatoms. The summed E-state index contributed by atoms with van der Waals surface area (Å²) in [5.41, 5.74) is 3.01. The van der Waals surface area contributed by atoms with Crippen LogP contribution >= 0.6 is 0 Å². The molecule has 21 heavy (non-hydrogen) atoms. The second-order valence-electron chi connectivity index (χ2n) is 6.06. The van der Waals surface area contributed by atoms with Gasteiger partial charge in [-0.05, 0) is 40.7 Å². The highest BCUT2D eigenvalue weighted by Crippen LogP contribution is 2.26. The third kappa shape index (κ3) is 4.42. The normalized spacial score (nSPS) is 13.3. The lowest BCUT2D eigenvalue weighted by Gasteiger charge is -2.34. The average Bonchev–Trinajstić information content (AvgIpc) is 2.46. The zero-order chi connectivity index (χ0) is 16.0. The van der Waals surface area contributed by atoms with E-state index in [0.717, 1.165) is 42.0 Å². The SMILES string of the molecule is CCCNC(Cc1ncc(C)c(OC)c1C)C(C)(C)OC. The second-order valence-corrected chi connectivity index (χ2v) is 6.06. The first-order valence-electron chi connectivity index (χ1n) is 7.65. The van der Waals surface area contributed by atoms with Crippen molar-refractivity contribution >= 4 is 0 Å². The molecule has 1 N–H and O–H groups in total. The molecule has 0 fully saturated rings. The first-order chi connectivity index (χ1) is 9.87. The molecule has 0 amide bonds. The summed E-state index contributed by atoms with van der Waals surface area (Å²) in [4.78, 5) is 4.61. The Bertz CT molecular complexity index is 458. The maximum atomic E-state index is 5.67. The van der Waals surface area contributed by atoms with Gasteiger partial charge in [-0.3, -0.25) is 4.98 Å². The molecule has 0 radical (unpaired) electrons. The van der Waals surface area contributed by atoms with Crippen LogP contribution in [0.4, 0.5) is 0 Å². The number of ether oxygens (including phenoxy) is 2. The smallest absolute Gasteiger partial charge is 0.128 e. The Morgan fingerprint density at radius 1 is 1.29 bits per heavy atom. The van der Waals surface area contributed by atoms with Gasteiger partial charge in [0.1, 0.15) is 5.75 Å². The molecule has 1 aromatic heterocycles. The van der Waals surface area contributed by atoms with Gasteiger partial charge >= 0.3 is 0 Å². The zero-order valence-corrected chi connectivity index (χ0v) is 14.5. The fraction of sp³-hybridized carbons (Fsp3) is 0.706. The van der Waals surface area contributed by atoms with E-state index in [4.69, 9.17) is 9.47 Å². The van der Waals surface area contributed by atoms with Gasteiger partial charge in [-0.2, -0.15) is 0 Å². The molecule has 0 spiro atoms. The number of hydrogen-bond acceptors (Lipinski definition) is 4. The standard InChI is InChI=1S/C17H30N2O2/c1-8-9-18-15(17(4,5)21-7)10-14-13(3)16(20-6)12(2)11-19-14/h11,15,18H,8-10H2,1-7H3. The minimum absolute atomic E-state index is 0.209. The van der Waals surface area contributed by atoms with Gasteiger partial charge in [0.2, 0.25) is 0 Å². The minimum Gasteiger partial charge on any atom is -0.496 e. The van der Waals surface area contributed by atoms with Crippen LogP contribution in [-0.2, 0) is 11.2 Å². The van der Waals surface area contributed by atoms with E-state index in [1.54, 1.807) is 14.2 Å². The lowest BCUT2D eigenvalue weighted by molar-refractivity contribution is -0.0103. The number of methoxy groups -OCH3 is 2. The van der Waals surface area contributed by atoms with Crippen molar-refractivity contribution in [3.05, 3.63) is 23.0 Å². The molecule has 1 heterocycles. The molecule has 0 aliphatic carbocycles. The summed E-state index contributed by atoms with van der Waals surface area (Å²) in [6.45, 7) is 11.5. The predicted molar refractivity (Wildman–Crippen MR) is 87.1 cm³/mol. The highest BCUT2D eigenvalue weighted by Gasteiger charge is 2.30. The predicted octanol–water partition coefficient (Wildman–Crippen LogP) is 3.04. The lowest BCUT2D eigenvalue weighted by Crippen LogP contribution is -2.50. The number of aryl methyl sites for hydroxylation is 1. The van der Waals surface area contributed by atoms with Gasteiger partial charge in [-0.25, -0.2) is 0 Å². The van der Waals surface area contributed by atoms with Crippen LogP contribution in [0.15, 0.2) is 6.20 Å². The first-order valence-corrected chi connectivity index (χ1v) is 7.65. The largest absolute Gasteiger partial charge is 0.496 e. The monoisotopic (exact) mass is 294 g/mol. The number of nitrogens with zero attached hydrogens (tertiary/aromatic N) is 1. The number of aromatic nitrogens is 1. The Balaban J connectivity index is 3.03. The third-order valence-electron chi connectivity index (χ3n) is 4.15. The number of pyridine rings is 1. The second kappa shape index (κ2) is 7.76. The molecular weight excluding hydrogens is 264 g/mol. The Kier molecular flexibility index (Phi) is 6.62. The molecule has 0 bridgehead atoms. The van der Waals surface area contributed by atoms with E-state index in [0.29, 0.717) is 0 Å². The summed E-state index contributed by atoms with van der Waals surface area (Å²) in [6, 6.07) is 0.209. The Morgan fingerprint density at radius 2 is 1.95 bits per heavy atom. The summed E-state index contributed by atoms with van der Waals surface area (Å²) in [5.74, 6) is 0.935. The van der Waals surface area contributed by atoms with Crippen molar-refractivity contribution < 1.29 is 9.47 Å². The molecule has 120 valence electrons. The van der Waals surface area contributed by atoms with Crippen LogP contribution in [0.1, 0.15) is 44.0 Å². The maximum Gasteiger partial charge on any atom is 0.128 e. The van der Waals surface area contributed by atoms with Crippen LogP contribution in [0.25, 0.3) is 0 Å². The highest BCUT2D eigenvalue weighted by atomic mass is 16.5. The molecule has 1 aromatic rings. The molecule has 0 aromatic carbocycles. The van der Waals surface area contributed by atoms with Crippen molar-refractivity contribution in [3.8, 4) is 5.75 Å². The molecule has 1 unspecified atom stereocenters. The fourth-order valence-electron chi connectivity index (χ4n) is 2.49. The van der Waals surface area contributed by atoms with E-state index in [2.05, 4.69) is 38.0 Å². The van der Waals surface area contributed by atoms with E-state index in [1.165, 1.54) is 0 Å². The van der Waals surface area contributed by atoms with Crippen molar-refractivity contribution in [1.29, 1.82) is 0 Å². The van der Waals surface area contributed by atoms with Crippen molar-refractivity contribution in [2.45, 2.75) is 59.1 Å². The van der Waals surface area contributed by atoms with Crippen molar-refractivity contribution in [1.82, 2.24) is 10.3 Å². The highest BCUT2D eigenvalue weighted by molar-refractivity contribution is 5.41. The van der Waals surface area contributed by atoms with Crippen LogP contribution in [0.5, 0.6) is 5.75 Å². The van der Waals surface area contributed by atoms with Gasteiger partial charge in [-0.1, -0.05) is 6.92 Å². The van der Waals surface area contributed by atoms with Gasteiger partial charge in [0, 0.05) is 42.6 Å².